The Morgan fingerprint density at radius 1 is 1.22 bits per heavy atom. The van der Waals surface area contributed by atoms with Gasteiger partial charge in [0.15, 0.2) is 0 Å². The fraction of sp³-hybridized carbons (Fsp3) is 1.00. The van der Waals surface area contributed by atoms with Crippen molar-refractivity contribution in [2.24, 2.45) is 17.1 Å². The molecule has 2 N–H and O–H groups in total. The highest BCUT2D eigenvalue weighted by atomic mass is 19.4. The molecule has 2 aliphatic rings. The van der Waals surface area contributed by atoms with E-state index < -0.39 is 12.7 Å². The first kappa shape index (κ1) is 14.1. The van der Waals surface area contributed by atoms with Gasteiger partial charge in [-0.25, -0.2) is 0 Å². The van der Waals surface area contributed by atoms with E-state index in [0.29, 0.717) is 6.54 Å². The van der Waals surface area contributed by atoms with E-state index in [0.717, 1.165) is 25.7 Å². The molecule has 0 saturated heterocycles. The lowest BCUT2D eigenvalue weighted by Crippen LogP contribution is -2.45. The van der Waals surface area contributed by atoms with Gasteiger partial charge in [0.25, 0.3) is 0 Å². The van der Waals surface area contributed by atoms with E-state index in [1.165, 1.54) is 0 Å². The van der Waals surface area contributed by atoms with Crippen molar-refractivity contribution in [3.8, 4) is 0 Å². The summed E-state index contributed by atoms with van der Waals surface area (Å²) in [4.78, 5) is 1.60. The Bertz CT molecular complexity index is 297. The summed E-state index contributed by atoms with van der Waals surface area (Å²) in [6, 6.07) is 0.162. The average molecular weight is 264 g/mol. The molecule has 2 nitrogen and oxygen atoms in total. The van der Waals surface area contributed by atoms with Crippen molar-refractivity contribution < 1.29 is 13.2 Å². The Hall–Kier alpha value is -0.290. The molecule has 0 aliphatic heterocycles. The minimum Gasteiger partial charge on any atom is -0.327 e. The molecule has 106 valence electrons. The number of hydrogen-bond donors (Lipinski definition) is 1. The lowest BCUT2D eigenvalue weighted by Gasteiger charge is -2.31. The summed E-state index contributed by atoms with van der Waals surface area (Å²) in [5.74, 6) is 0.211. The molecular formula is C13H23F3N2. The van der Waals surface area contributed by atoms with E-state index in [9.17, 15) is 13.2 Å². The summed E-state index contributed by atoms with van der Waals surface area (Å²) in [5.41, 5.74) is 6.25. The van der Waals surface area contributed by atoms with Gasteiger partial charge in [-0.05, 0) is 37.0 Å². The molecular weight excluding hydrogens is 241 g/mol. The van der Waals surface area contributed by atoms with Crippen molar-refractivity contribution in [1.29, 1.82) is 0 Å². The predicted octanol–water partition coefficient (Wildman–Crippen LogP) is 2.78. The SMILES string of the molecule is CC1(C)CCC(CN(CC(F)(F)F)C2CC2)C1N. The van der Waals surface area contributed by atoms with Gasteiger partial charge >= 0.3 is 6.18 Å². The van der Waals surface area contributed by atoms with Gasteiger partial charge in [0, 0.05) is 18.6 Å². The number of nitrogens with two attached hydrogens (primary N) is 1. The molecule has 0 bridgehead atoms. The molecule has 0 spiro atoms. The van der Waals surface area contributed by atoms with Crippen molar-refractivity contribution in [2.75, 3.05) is 13.1 Å². The van der Waals surface area contributed by atoms with E-state index >= 15 is 0 Å². The second-order valence-electron chi connectivity index (χ2n) is 6.59. The van der Waals surface area contributed by atoms with Crippen LogP contribution < -0.4 is 5.73 Å². The molecule has 2 saturated carbocycles. The Labute approximate surface area is 107 Å². The highest BCUT2D eigenvalue weighted by Crippen LogP contribution is 2.41. The molecule has 0 aromatic heterocycles. The van der Waals surface area contributed by atoms with Crippen LogP contribution in [0.25, 0.3) is 0 Å². The summed E-state index contributed by atoms with van der Waals surface area (Å²) in [6.07, 6.45) is -0.317. The Balaban J connectivity index is 1.94. The first-order chi connectivity index (χ1) is 8.19. The number of halogens is 3. The molecule has 2 unspecified atom stereocenters. The Kier molecular flexibility index (Phi) is 3.67. The van der Waals surface area contributed by atoms with Crippen LogP contribution in [0.4, 0.5) is 13.2 Å². The number of alkyl halides is 3. The highest BCUT2D eigenvalue weighted by Gasteiger charge is 2.44. The molecule has 18 heavy (non-hydrogen) atoms. The minimum absolute atomic E-state index is 0.0204. The summed E-state index contributed by atoms with van der Waals surface area (Å²) in [6.45, 7) is 3.96. The predicted molar refractivity (Wildman–Crippen MR) is 65.1 cm³/mol. The molecule has 0 heterocycles. The molecule has 2 fully saturated rings. The fourth-order valence-corrected chi connectivity index (χ4v) is 3.06. The molecule has 0 aromatic carbocycles. The van der Waals surface area contributed by atoms with E-state index in [1.54, 1.807) is 4.90 Å². The average Bonchev–Trinajstić information content (AvgIpc) is 2.99. The van der Waals surface area contributed by atoms with Gasteiger partial charge in [0.1, 0.15) is 0 Å². The van der Waals surface area contributed by atoms with Gasteiger partial charge in [-0.1, -0.05) is 13.8 Å². The number of hydrogen-bond acceptors (Lipinski definition) is 2. The smallest absolute Gasteiger partial charge is 0.327 e. The van der Waals surface area contributed by atoms with Crippen LogP contribution >= 0.6 is 0 Å². The fourth-order valence-electron chi connectivity index (χ4n) is 3.06. The maximum atomic E-state index is 12.5. The van der Waals surface area contributed by atoms with Gasteiger partial charge in [-0.15, -0.1) is 0 Å². The van der Waals surface area contributed by atoms with Crippen molar-refractivity contribution in [3.05, 3.63) is 0 Å². The first-order valence-corrected chi connectivity index (χ1v) is 6.75. The number of rotatable bonds is 4. The summed E-state index contributed by atoms with van der Waals surface area (Å²) in [7, 11) is 0. The standard InChI is InChI=1S/C13H23F3N2/c1-12(2)6-5-9(11(12)17)7-18(10-3-4-10)8-13(14,15)16/h9-11H,3-8,17H2,1-2H3. The first-order valence-electron chi connectivity index (χ1n) is 6.75. The largest absolute Gasteiger partial charge is 0.401 e. The van der Waals surface area contributed by atoms with Crippen LogP contribution in [0, 0.1) is 11.3 Å². The molecule has 0 radical (unpaired) electrons. The van der Waals surface area contributed by atoms with Crippen LogP contribution in [0.3, 0.4) is 0 Å². The second-order valence-corrected chi connectivity index (χ2v) is 6.59. The number of nitrogens with zero attached hydrogens (tertiary/aromatic N) is 1. The third kappa shape index (κ3) is 3.38. The zero-order valence-corrected chi connectivity index (χ0v) is 11.1. The monoisotopic (exact) mass is 264 g/mol. The third-order valence-corrected chi connectivity index (χ3v) is 4.48. The summed E-state index contributed by atoms with van der Waals surface area (Å²) >= 11 is 0. The molecule has 0 aromatic rings. The maximum Gasteiger partial charge on any atom is 0.401 e. The quantitative estimate of drug-likeness (QED) is 0.846. The van der Waals surface area contributed by atoms with Crippen LogP contribution in [-0.4, -0.2) is 36.2 Å². The summed E-state index contributed by atoms with van der Waals surface area (Å²) < 4.78 is 37.6. The molecule has 5 heteroatoms. The van der Waals surface area contributed by atoms with Crippen LogP contribution in [0.1, 0.15) is 39.5 Å². The molecule has 2 rings (SSSR count). The molecule has 0 amide bonds. The topological polar surface area (TPSA) is 29.3 Å². The molecule has 2 aliphatic carbocycles. The van der Waals surface area contributed by atoms with Gasteiger partial charge in [0.05, 0.1) is 6.54 Å². The zero-order valence-electron chi connectivity index (χ0n) is 11.1. The van der Waals surface area contributed by atoms with Crippen LogP contribution in [-0.2, 0) is 0 Å². The highest BCUT2D eigenvalue weighted by molar-refractivity contribution is 4.97. The summed E-state index contributed by atoms with van der Waals surface area (Å²) in [5, 5.41) is 0. The second kappa shape index (κ2) is 4.67. The van der Waals surface area contributed by atoms with E-state index in [1.807, 2.05) is 0 Å². The minimum atomic E-state index is -4.10. The lowest BCUT2D eigenvalue weighted by atomic mass is 9.85. The normalized spacial score (nSPS) is 32.2. The van der Waals surface area contributed by atoms with Gasteiger partial charge in [0.2, 0.25) is 0 Å². The van der Waals surface area contributed by atoms with Gasteiger partial charge in [-0.3, -0.25) is 4.90 Å². The lowest BCUT2D eigenvalue weighted by molar-refractivity contribution is -0.148. The van der Waals surface area contributed by atoms with Crippen molar-refractivity contribution >= 4 is 0 Å². The van der Waals surface area contributed by atoms with Crippen LogP contribution in [0.15, 0.2) is 0 Å². The van der Waals surface area contributed by atoms with Crippen LogP contribution in [0.5, 0.6) is 0 Å². The Morgan fingerprint density at radius 3 is 2.22 bits per heavy atom. The van der Waals surface area contributed by atoms with Gasteiger partial charge in [-0.2, -0.15) is 13.2 Å². The van der Waals surface area contributed by atoms with E-state index in [2.05, 4.69) is 13.8 Å². The maximum absolute atomic E-state index is 12.5. The van der Waals surface area contributed by atoms with E-state index in [-0.39, 0.29) is 23.4 Å². The third-order valence-electron chi connectivity index (χ3n) is 4.48. The van der Waals surface area contributed by atoms with Crippen molar-refractivity contribution in [3.63, 3.8) is 0 Å². The van der Waals surface area contributed by atoms with Gasteiger partial charge < -0.3 is 5.73 Å². The Morgan fingerprint density at radius 2 is 1.83 bits per heavy atom. The van der Waals surface area contributed by atoms with Crippen molar-refractivity contribution in [2.45, 2.75) is 57.8 Å². The molecule has 2 atom stereocenters. The van der Waals surface area contributed by atoms with Crippen LogP contribution in [0.2, 0.25) is 0 Å². The van der Waals surface area contributed by atoms with Crippen molar-refractivity contribution in [1.82, 2.24) is 4.90 Å². The zero-order chi connectivity index (χ0) is 13.6. The van der Waals surface area contributed by atoms with E-state index in [4.69, 9.17) is 5.73 Å².